The van der Waals surface area contributed by atoms with Crippen LogP contribution < -0.4 is 48.3 Å². The van der Waals surface area contributed by atoms with E-state index in [0.717, 1.165) is 0 Å². The van der Waals surface area contributed by atoms with Gasteiger partial charge in [0.15, 0.2) is 0 Å². The van der Waals surface area contributed by atoms with E-state index < -0.39 is 114 Å². The molecule has 21 nitrogen and oxygen atoms in total. The predicted molar refractivity (Wildman–Crippen MR) is 211 cm³/mol. The summed E-state index contributed by atoms with van der Waals surface area (Å²) in [5.41, 5.74) is 5.35. The standard InChI is InChI=1S/C37H67N9O12/c1-10-21(4)30(37(56)42-23(6)31(50)39-12-14-58-16-15-57-13-11-38)46-35(54)28(18-22(5)48)44-34(53)27(17-20(2)3)43-36(55)29(19-47)45-33(52)25(8)41-32(51)24(7)40-26(9)49/h20-21,23-25,27-30,47H,10-19,38H2,1-9H3,(H,39,50)(H,40,49)(H,41,51)(H,42,56)(H,43,55)(H,44,53)(H,45,52)(H,46,54)/t21-,23-,24-,25-,27-,28-,29-,30?/m0/s1. The fraction of sp³-hybridized carbons (Fsp3) is 0.757. The van der Waals surface area contributed by atoms with Crippen molar-refractivity contribution < 1.29 is 57.7 Å². The minimum Gasteiger partial charge on any atom is -0.394 e. The molecule has 0 aliphatic carbocycles. The summed E-state index contributed by atoms with van der Waals surface area (Å²) in [5.74, 6) is -6.94. The van der Waals surface area contributed by atoms with Crippen LogP contribution in [0.4, 0.5) is 0 Å². The molecule has 0 aromatic rings. The number of amides is 8. The first-order valence-corrected chi connectivity index (χ1v) is 19.5. The van der Waals surface area contributed by atoms with E-state index >= 15 is 0 Å². The summed E-state index contributed by atoms with van der Waals surface area (Å²) in [5, 5.41) is 29.8. The van der Waals surface area contributed by atoms with Crippen molar-refractivity contribution in [3.8, 4) is 0 Å². The molecule has 1 unspecified atom stereocenters. The molecule has 0 heterocycles. The Kier molecular flexibility index (Phi) is 26.3. The highest BCUT2D eigenvalue weighted by Crippen LogP contribution is 2.11. The molecule has 58 heavy (non-hydrogen) atoms. The molecule has 21 heteroatoms. The van der Waals surface area contributed by atoms with E-state index in [9.17, 15) is 48.3 Å². The lowest BCUT2D eigenvalue weighted by Gasteiger charge is -2.29. The van der Waals surface area contributed by atoms with Gasteiger partial charge in [-0.2, -0.15) is 0 Å². The van der Waals surface area contributed by atoms with Gasteiger partial charge in [-0.15, -0.1) is 0 Å². The minimum atomic E-state index is -1.56. The number of carbonyl (C=O) groups is 9. The van der Waals surface area contributed by atoms with Crippen LogP contribution in [-0.2, 0) is 52.6 Å². The molecule has 0 fully saturated rings. The maximum atomic E-state index is 13.6. The molecule has 8 amide bonds. The SMILES string of the molecule is CC[C@H](C)C(NC(=O)[C@H](CC(C)=O)NC(=O)[C@H](CC(C)C)NC(=O)[C@H](CO)NC(=O)[C@H](C)NC(=O)[C@H](C)NC(C)=O)C(=O)N[C@@H](C)C(=O)NCCOCCOCCN. The van der Waals surface area contributed by atoms with Crippen LogP contribution in [0, 0.1) is 11.8 Å². The maximum Gasteiger partial charge on any atom is 0.245 e. The zero-order chi connectivity index (χ0) is 44.5. The lowest BCUT2D eigenvalue weighted by atomic mass is 9.97. The maximum absolute atomic E-state index is 13.6. The van der Waals surface area contributed by atoms with E-state index in [-0.39, 0.29) is 25.5 Å². The van der Waals surface area contributed by atoms with Gasteiger partial charge in [0.1, 0.15) is 48.1 Å². The summed E-state index contributed by atoms with van der Waals surface area (Å²) < 4.78 is 10.6. The second-order valence-electron chi connectivity index (χ2n) is 14.5. The molecular weight excluding hydrogens is 762 g/mol. The largest absolute Gasteiger partial charge is 0.394 e. The Morgan fingerprint density at radius 2 is 1.05 bits per heavy atom. The fourth-order valence-corrected chi connectivity index (χ4v) is 5.14. The van der Waals surface area contributed by atoms with Gasteiger partial charge < -0.3 is 62.8 Å². The molecule has 8 atom stereocenters. The molecule has 0 aromatic carbocycles. The second-order valence-corrected chi connectivity index (χ2v) is 14.5. The van der Waals surface area contributed by atoms with E-state index in [0.29, 0.717) is 32.8 Å². The lowest BCUT2D eigenvalue weighted by molar-refractivity contribution is -0.137. The van der Waals surface area contributed by atoms with Crippen LogP contribution in [0.3, 0.4) is 0 Å². The number of ketones is 1. The van der Waals surface area contributed by atoms with Crippen molar-refractivity contribution in [2.75, 3.05) is 46.1 Å². The van der Waals surface area contributed by atoms with Crippen LogP contribution in [0.15, 0.2) is 0 Å². The zero-order valence-electron chi connectivity index (χ0n) is 35.3. The zero-order valence-corrected chi connectivity index (χ0v) is 35.3. The first kappa shape index (κ1) is 53.3. The molecule has 0 rings (SSSR count). The van der Waals surface area contributed by atoms with Crippen molar-refractivity contribution in [1.82, 2.24) is 42.5 Å². The van der Waals surface area contributed by atoms with E-state index in [1.165, 1.54) is 34.6 Å². The number of Topliss-reactive ketones (excluding diaryl/α,β-unsaturated/α-hetero) is 1. The van der Waals surface area contributed by atoms with Gasteiger partial charge in [-0.25, -0.2) is 0 Å². The lowest BCUT2D eigenvalue weighted by Crippen LogP contribution is -2.61. The Morgan fingerprint density at radius 1 is 0.569 bits per heavy atom. The summed E-state index contributed by atoms with van der Waals surface area (Å²) >= 11 is 0. The Morgan fingerprint density at radius 3 is 1.59 bits per heavy atom. The van der Waals surface area contributed by atoms with Gasteiger partial charge in [0.2, 0.25) is 47.3 Å². The number of aliphatic hydroxyl groups is 1. The molecule has 0 bridgehead atoms. The average Bonchev–Trinajstić information content (AvgIpc) is 3.14. The van der Waals surface area contributed by atoms with Crippen molar-refractivity contribution in [1.29, 1.82) is 0 Å². The molecule has 0 aliphatic heterocycles. The Hall–Kier alpha value is -4.73. The molecule has 0 saturated carbocycles. The average molecular weight is 830 g/mol. The van der Waals surface area contributed by atoms with Crippen molar-refractivity contribution in [3.05, 3.63) is 0 Å². The quantitative estimate of drug-likeness (QED) is 0.0330. The van der Waals surface area contributed by atoms with E-state index in [1.54, 1.807) is 27.7 Å². The number of carbonyl (C=O) groups excluding carboxylic acids is 9. The highest BCUT2D eigenvalue weighted by atomic mass is 16.5. The molecular formula is C37H67N9O12. The topological polar surface area (TPSA) is 315 Å². The van der Waals surface area contributed by atoms with Crippen molar-refractivity contribution in [2.45, 2.75) is 124 Å². The van der Waals surface area contributed by atoms with Crippen LogP contribution in [0.5, 0.6) is 0 Å². The van der Waals surface area contributed by atoms with E-state index in [1.807, 2.05) is 0 Å². The van der Waals surface area contributed by atoms with Crippen LogP contribution in [0.25, 0.3) is 0 Å². The molecule has 0 spiro atoms. The third kappa shape index (κ3) is 21.7. The second kappa shape index (κ2) is 28.6. The number of hydrogen-bond donors (Lipinski definition) is 10. The third-order valence-electron chi connectivity index (χ3n) is 8.57. The van der Waals surface area contributed by atoms with Gasteiger partial charge in [0, 0.05) is 26.4 Å². The number of hydrogen-bond acceptors (Lipinski definition) is 13. The van der Waals surface area contributed by atoms with Crippen molar-refractivity contribution in [3.63, 3.8) is 0 Å². The van der Waals surface area contributed by atoms with E-state index in [4.69, 9.17) is 15.2 Å². The molecule has 0 saturated heterocycles. The van der Waals surface area contributed by atoms with Crippen LogP contribution in [-0.4, -0.2) is 147 Å². The Labute approximate surface area is 340 Å². The fourth-order valence-electron chi connectivity index (χ4n) is 5.14. The van der Waals surface area contributed by atoms with Crippen LogP contribution in [0.1, 0.15) is 81.6 Å². The first-order chi connectivity index (χ1) is 27.2. The third-order valence-corrected chi connectivity index (χ3v) is 8.57. The highest BCUT2D eigenvalue weighted by molar-refractivity contribution is 5.98. The number of ether oxygens (including phenoxy) is 2. The molecule has 0 aliphatic rings. The monoisotopic (exact) mass is 829 g/mol. The van der Waals surface area contributed by atoms with E-state index in [2.05, 4.69) is 42.5 Å². The Bertz CT molecular complexity index is 1380. The molecule has 0 aromatic heterocycles. The normalized spacial score (nSPS) is 15.2. The summed E-state index contributed by atoms with van der Waals surface area (Å²) in [4.78, 5) is 115. The van der Waals surface area contributed by atoms with Gasteiger partial charge in [-0.3, -0.25) is 43.2 Å². The van der Waals surface area contributed by atoms with Gasteiger partial charge >= 0.3 is 0 Å². The van der Waals surface area contributed by atoms with Crippen molar-refractivity contribution in [2.24, 2.45) is 17.6 Å². The minimum absolute atomic E-state index is 0.0404. The van der Waals surface area contributed by atoms with Crippen molar-refractivity contribution >= 4 is 53.0 Å². The Balaban J connectivity index is 5.76. The number of nitrogens with one attached hydrogen (secondary N) is 8. The molecule has 0 radical (unpaired) electrons. The smallest absolute Gasteiger partial charge is 0.245 e. The van der Waals surface area contributed by atoms with Crippen LogP contribution in [0.2, 0.25) is 0 Å². The van der Waals surface area contributed by atoms with Gasteiger partial charge in [0.25, 0.3) is 0 Å². The highest BCUT2D eigenvalue weighted by Gasteiger charge is 2.34. The summed E-state index contributed by atoms with van der Waals surface area (Å²) in [6, 6.07) is -8.64. The summed E-state index contributed by atoms with van der Waals surface area (Å²) in [7, 11) is 0. The van der Waals surface area contributed by atoms with Gasteiger partial charge in [-0.1, -0.05) is 34.1 Å². The first-order valence-electron chi connectivity index (χ1n) is 19.5. The number of rotatable bonds is 29. The summed E-state index contributed by atoms with van der Waals surface area (Å²) in [6.45, 7) is 14.6. The molecule has 11 N–H and O–H groups in total. The predicted octanol–water partition coefficient (Wildman–Crippen LogP) is -3.37. The van der Waals surface area contributed by atoms with Gasteiger partial charge in [0.05, 0.1) is 33.0 Å². The van der Waals surface area contributed by atoms with Gasteiger partial charge in [-0.05, 0) is 46.0 Å². The molecule has 332 valence electrons. The summed E-state index contributed by atoms with van der Waals surface area (Å²) in [6.07, 6.45) is 0.00838. The van der Waals surface area contributed by atoms with Crippen LogP contribution >= 0.6 is 0 Å². The number of nitrogens with two attached hydrogens (primary N) is 1. The number of aliphatic hydroxyl groups excluding tert-OH is 1.